The monoisotopic (exact) mass is 457 g/mol. The van der Waals surface area contributed by atoms with E-state index in [1.54, 1.807) is 41.7 Å². The maximum absolute atomic E-state index is 13.4. The van der Waals surface area contributed by atoms with Gasteiger partial charge in [-0.1, -0.05) is 48.2 Å². The molecule has 0 unspecified atom stereocenters. The van der Waals surface area contributed by atoms with Gasteiger partial charge in [0.15, 0.2) is 16.7 Å². The van der Waals surface area contributed by atoms with E-state index in [9.17, 15) is 9.59 Å². The van der Waals surface area contributed by atoms with Crippen LogP contribution < -0.4 is 5.32 Å². The Morgan fingerprint density at radius 1 is 0.906 bits per heavy atom. The van der Waals surface area contributed by atoms with Crippen LogP contribution in [0.1, 0.15) is 55.1 Å². The van der Waals surface area contributed by atoms with Crippen molar-refractivity contribution in [1.29, 1.82) is 0 Å². The van der Waals surface area contributed by atoms with Crippen LogP contribution in [-0.2, 0) is 12.8 Å². The number of thioether (sulfide) groups is 1. The summed E-state index contributed by atoms with van der Waals surface area (Å²) in [6.07, 6.45) is 6.42. The van der Waals surface area contributed by atoms with Crippen molar-refractivity contribution >= 4 is 56.4 Å². The number of anilines is 2. The summed E-state index contributed by atoms with van der Waals surface area (Å²) in [7, 11) is 0. The number of aromatic nitrogens is 2. The average Bonchev–Trinajstić information content (AvgIpc) is 3.21. The van der Waals surface area contributed by atoms with Crippen molar-refractivity contribution in [3.8, 4) is 0 Å². The van der Waals surface area contributed by atoms with Crippen LogP contribution in [0.15, 0.2) is 47.6 Å². The maximum Gasteiger partial charge on any atom is 0.196 e. The number of aryl methyl sites for hydroxylation is 2. The van der Waals surface area contributed by atoms with E-state index in [0.717, 1.165) is 29.5 Å². The number of carbonyl (C=O) groups excluding carboxylic acids is 2. The minimum atomic E-state index is -0.138. The fourth-order valence-electron chi connectivity index (χ4n) is 4.70. The first kappa shape index (κ1) is 19.6. The Morgan fingerprint density at radius 3 is 2.47 bits per heavy atom. The average molecular weight is 458 g/mol. The minimum Gasteiger partial charge on any atom is -0.339 e. The lowest BCUT2D eigenvalue weighted by Gasteiger charge is -2.21. The number of rotatable bonds is 3. The van der Waals surface area contributed by atoms with Gasteiger partial charge in [0.1, 0.15) is 10.6 Å². The highest BCUT2D eigenvalue weighted by Crippen LogP contribution is 2.41. The summed E-state index contributed by atoms with van der Waals surface area (Å²) >= 11 is 3.25. The zero-order valence-electron chi connectivity index (χ0n) is 17.4. The van der Waals surface area contributed by atoms with Gasteiger partial charge < -0.3 is 5.32 Å². The van der Waals surface area contributed by atoms with Gasteiger partial charge in [0.05, 0.1) is 16.6 Å². The molecule has 1 N–H and O–H groups in total. The number of hydrogen-bond acceptors (Lipinski definition) is 7. The van der Waals surface area contributed by atoms with Crippen LogP contribution in [0.2, 0.25) is 0 Å². The number of hydrogen-bond donors (Lipinski definition) is 1. The third-order valence-corrected chi connectivity index (χ3v) is 7.92. The predicted octanol–water partition coefficient (Wildman–Crippen LogP) is 5.81. The minimum absolute atomic E-state index is 0.121. The zero-order valence-corrected chi connectivity index (χ0v) is 19.0. The Labute approximate surface area is 193 Å². The van der Waals surface area contributed by atoms with E-state index in [0.29, 0.717) is 38.9 Å². The van der Waals surface area contributed by atoms with Gasteiger partial charge in [0.25, 0.3) is 0 Å². The molecule has 0 saturated heterocycles. The molecule has 2 aromatic carbocycles. The first-order valence-electron chi connectivity index (χ1n) is 10.6. The number of benzene rings is 2. The van der Waals surface area contributed by atoms with E-state index >= 15 is 0 Å². The second-order valence-corrected chi connectivity index (χ2v) is 9.86. The predicted molar refractivity (Wildman–Crippen MR) is 129 cm³/mol. The maximum atomic E-state index is 13.4. The molecule has 158 valence electrons. The van der Waals surface area contributed by atoms with Crippen molar-refractivity contribution in [3.05, 3.63) is 75.2 Å². The number of fused-ring (bicyclic) bond motifs is 5. The van der Waals surface area contributed by atoms with E-state index in [-0.39, 0.29) is 11.6 Å². The van der Waals surface area contributed by atoms with Crippen molar-refractivity contribution in [3.63, 3.8) is 0 Å². The van der Waals surface area contributed by atoms with E-state index in [1.807, 2.05) is 18.4 Å². The van der Waals surface area contributed by atoms with Crippen molar-refractivity contribution in [2.75, 3.05) is 11.6 Å². The molecule has 0 atom stereocenters. The summed E-state index contributed by atoms with van der Waals surface area (Å²) in [5.41, 5.74) is 3.69. The molecule has 4 aromatic rings. The number of ketones is 2. The van der Waals surface area contributed by atoms with Crippen LogP contribution >= 0.6 is 23.1 Å². The summed E-state index contributed by atoms with van der Waals surface area (Å²) in [6.45, 7) is 0. The topological polar surface area (TPSA) is 72.0 Å². The van der Waals surface area contributed by atoms with Gasteiger partial charge in [-0.3, -0.25) is 9.59 Å². The van der Waals surface area contributed by atoms with Crippen molar-refractivity contribution in [2.45, 2.75) is 30.8 Å². The molecule has 2 heterocycles. The number of carbonyl (C=O) groups is 2. The van der Waals surface area contributed by atoms with E-state index in [4.69, 9.17) is 9.97 Å². The van der Waals surface area contributed by atoms with Crippen LogP contribution in [0.25, 0.3) is 10.2 Å². The van der Waals surface area contributed by atoms with Gasteiger partial charge >= 0.3 is 0 Å². The number of nitrogens with one attached hydrogen (secondary N) is 1. The molecule has 2 aromatic heterocycles. The Morgan fingerprint density at radius 2 is 1.66 bits per heavy atom. The molecule has 32 heavy (non-hydrogen) atoms. The van der Waals surface area contributed by atoms with Gasteiger partial charge in [0, 0.05) is 21.6 Å². The van der Waals surface area contributed by atoms with Crippen LogP contribution in [-0.4, -0.2) is 27.8 Å². The molecule has 7 heteroatoms. The third kappa shape index (κ3) is 2.92. The molecule has 0 spiro atoms. The summed E-state index contributed by atoms with van der Waals surface area (Å²) in [6, 6.07) is 12.4. The van der Waals surface area contributed by atoms with Crippen LogP contribution in [0.5, 0.6) is 0 Å². The molecule has 2 aliphatic carbocycles. The second-order valence-electron chi connectivity index (χ2n) is 8.01. The fourth-order valence-corrected chi connectivity index (χ4v) is 6.38. The fraction of sp³-hybridized carbons (Fsp3) is 0.200. The molecule has 0 saturated carbocycles. The first-order valence-corrected chi connectivity index (χ1v) is 12.6. The van der Waals surface area contributed by atoms with E-state index in [2.05, 4.69) is 5.32 Å². The molecular weight excluding hydrogens is 438 g/mol. The van der Waals surface area contributed by atoms with Crippen molar-refractivity contribution < 1.29 is 9.59 Å². The molecule has 5 nitrogen and oxygen atoms in total. The molecule has 6 rings (SSSR count). The number of thiophene rings is 1. The van der Waals surface area contributed by atoms with Gasteiger partial charge in [-0.2, -0.15) is 0 Å². The van der Waals surface area contributed by atoms with Gasteiger partial charge in [-0.05, 0) is 43.6 Å². The molecule has 0 radical (unpaired) electrons. The number of nitrogens with zero attached hydrogens (tertiary/aromatic N) is 2. The third-order valence-electron chi connectivity index (χ3n) is 6.18. The highest BCUT2D eigenvalue weighted by molar-refractivity contribution is 7.98. The first-order chi connectivity index (χ1) is 15.7. The lowest BCUT2D eigenvalue weighted by Crippen LogP contribution is -2.22. The van der Waals surface area contributed by atoms with Gasteiger partial charge in [-0.25, -0.2) is 9.97 Å². The molecule has 0 fully saturated rings. The normalized spacial score (nSPS) is 14.8. The van der Waals surface area contributed by atoms with Crippen LogP contribution in [0.3, 0.4) is 0 Å². The molecule has 0 aliphatic heterocycles. The van der Waals surface area contributed by atoms with Gasteiger partial charge in [-0.15, -0.1) is 11.3 Å². The van der Waals surface area contributed by atoms with Gasteiger partial charge in [0.2, 0.25) is 0 Å². The zero-order chi connectivity index (χ0) is 21.8. The highest BCUT2D eigenvalue weighted by Gasteiger charge is 2.32. The Balaban J connectivity index is 1.53. The Kier molecular flexibility index (Phi) is 4.62. The summed E-state index contributed by atoms with van der Waals surface area (Å²) < 4.78 is 0. The van der Waals surface area contributed by atoms with E-state index < -0.39 is 0 Å². The van der Waals surface area contributed by atoms with Crippen molar-refractivity contribution in [1.82, 2.24) is 9.97 Å². The standard InChI is InChI=1S/C25H19N3O2S2/c1-31-25-27-23(20-15-9-4-5-12-18(15)32-24(20)28-25)26-17-11-6-10-16-19(17)22(30)14-8-3-2-7-13(14)21(16)29/h2-3,6-8,10-11H,4-5,9,12H2,1H3,(H,26,27,28). The molecule has 0 bridgehead atoms. The molecule has 2 aliphatic rings. The quantitative estimate of drug-likeness (QED) is 0.272. The van der Waals surface area contributed by atoms with E-state index in [1.165, 1.54) is 28.6 Å². The van der Waals surface area contributed by atoms with Crippen LogP contribution in [0.4, 0.5) is 11.5 Å². The molecule has 0 amide bonds. The summed E-state index contributed by atoms with van der Waals surface area (Å²) in [5.74, 6) is 0.455. The second kappa shape index (κ2) is 7.53. The Hall–Kier alpha value is -3.03. The summed E-state index contributed by atoms with van der Waals surface area (Å²) in [5, 5.41) is 5.18. The largest absolute Gasteiger partial charge is 0.339 e. The smallest absolute Gasteiger partial charge is 0.196 e. The lowest BCUT2D eigenvalue weighted by molar-refractivity contribution is 0.0979. The Bertz CT molecular complexity index is 1440. The molecular formula is C25H19N3O2S2. The highest BCUT2D eigenvalue weighted by atomic mass is 32.2. The lowest BCUT2D eigenvalue weighted by atomic mass is 9.83. The van der Waals surface area contributed by atoms with Crippen molar-refractivity contribution in [2.24, 2.45) is 0 Å². The summed E-state index contributed by atoms with van der Waals surface area (Å²) in [4.78, 5) is 38.4. The SMILES string of the molecule is CSc1nc(Nc2cccc3c2C(=O)c2ccccc2C3=O)c2c3c(sc2n1)CCCC3. The van der Waals surface area contributed by atoms with Crippen LogP contribution in [0, 0.1) is 0 Å².